The molecule has 2 N–H and O–H groups in total. The first kappa shape index (κ1) is 22.1. The van der Waals surface area contributed by atoms with Gasteiger partial charge in [-0.2, -0.15) is 0 Å². The highest BCUT2D eigenvalue weighted by molar-refractivity contribution is 7.90. The van der Waals surface area contributed by atoms with Crippen LogP contribution in [0.1, 0.15) is 5.56 Å². The van der Waals surface area contributed by atoms with Gasteiger partial charge in [0.15, 0.2) is 0 Å². The molecule has 0 unspecified atom stereocenters. The summed E-state index contributed by atoms with van der Waals surface area (Å²) < 4.78 is 27.8. The SMILES string of the molecule is CNCc1cn(S(=O)(=O)c2cccnc2)c2cc(Nc3ccc(Cl)cc3)ccc12.Cl. The van der Waals surface area contributed by atoms with Crippen molar-refractivity contribution in [3.05, 3.63) is 83.8 Å². The maximum absolute atomic E-state index is 13.2. The lowest BCUT2D eigenvalue weighted by molar-refractivity contribution is 0.588. The zero-order chi connectivity index (χ0) is 20.4. The first-order chi connectivity index (χ1) is 14.0. The maximum atomic E-state index is 13.2. The van der Waals surface area contributed by atoms with Crippen LogP contribution < -0.4 is 10.6 Å². The molecule has 0 aliphatic rings. The van der Waals surface area contributed by atoms with Gasteiger partial charge in [0.25, 0.3) is 10.0 Å². The van der Waals surface area contributed by atoms with E-state index in [9.17, 15) is 8.42 Å². The quantitative estimate of drug-likeness (QED) is 0.429. The van der Waals surface area contributed by atoms with Gasteiger partial charge in [0, 0.05) is 46.9 Å². The summed E-state index contributed by atoms with van der Waals surface area (Å²) in [6, 6.07) is 16.2. The summed E-state index contributed by atoms with van der Waals surface area (Å²) in [5.74, 6) is 0. The summed E-state index contributed by atoms with van der Waals surface area (Å²) in [6.07, 6.45) is 4.57. The van der Waals surface area contributed by atoms with E-state index in [1.165, 1.54) is 10.2 Å². The Morgan fingerprint density at radius 1 is 1.07 bits per heavy atom. The van der Waals surface area contributed by atoms with Gasteiger partial charge < -0.3 is 10.6 Å². The normalized spacial score (nSPS) is 11.3. The third kappa shape index (κ3) is 4.29. The number of anilines is 2. The predicted octanol–water partition coefficient (Wildman–Crippen LogP) is 4.81. The molecule has 0 aliphatic carbocycles. The van der Waals surface area contributed by atoms with Gasteiger partial charge in [0.2, 0.25) is 0 Å². The van der Waals surface area contributed by atoms with Crippen LogP contribution in [0.3, 0.4) is 0 Å². The molecule has 0 spiro atoms. The lowest BCUT2D eigenvalue weighted by Gasteiger charge is -2.10. The topological polar surface area (TPSA) is 76.0 Å². The summed E-state index contributed by atoms with van der Waals surface area (Å²) >= 11 is 5.95. The fourth-order valence-electron chi connectivity index (χ4n) is 3.19. The predicted molar refractivity (Wildman–Crippen MR) is 124 cm³/mol. The average Bonchev–Trinajstić information content (AvgIpc) is 3.09. The minimum absolute atomic E-state index is 0. The third-order valence-corrected chi connectivity index (χ3v) is 6.45. The van der Waals surface area contributed by atoms with Crippen LogP contribution in [0.5, 0.6) is 0 Å². The van der Waals surface area contributed by atoms with Crippen molar-refractivity contribution >= 4 is 56.3 Å². The molecule has 2 aromatic heterocycles. The van der Waals surface area contributed by atoms with Crippen LogP contribution in [0.4, 0.5) is 11.4 Å². The first-order valence-corrected chi connectivity index (χ1v) is 10.8. The Kier molecular flexibility index (Phi) is 6.67. The van der Waals surface area contributed by atoms with E-state index in [-0.39, 0.29) is 17.3 Å². The van der Waals surface area contributed by atoms with Crippen molar-refractivity contribution in [2.75, 3.05) is 12.4 Å². The lowest BCUT2D eigenvalue weighted by atomic mass is 10.1. The van der Waals surface area contributed by atoms with Gasteiger partial charge in [-0.1, -0.05) is 17.7 Å². The minimum Gasteiger partial charge on any atom is -0.355 e. The molecule has 30 heavy (non-hydrogen) atoms. The summed E-state index contributed by atoms with van der Waals surface area (Å²) in [5, 5.41) is 7.90. The summed E-state index contributed by atoms with van der Waals surface area (Å²) in [7, 11) is -1.95. The zero-order valence-corrected chi connectivity index (χ0v) is 18.4. The van der Waals surface area contributed by atoms with Gasteiger partial charge in [0.05, 0.1) is 5.52 Å². The molecular formula is C21H20Cl2N4O2S. The Hall–Kier alpha value is -2.58. The molecule has 0 aliphatic heterocycles. The van der Waals surface area contributed by atoms with Crippen molar-refractivity contribution in [2.24, 2.45) is 0 Å². The molecule has 0 saturated heterocycles. The zero-order valence-electron chi connectivity index (χ0n) is 16.0. The number of nitrogens with zero attached hydrogens (tertiary/aromatic N) is 2. The molecule has 4 aromatic rings. The van der Waals surface area contributed by atoms with Crippen molar-refractivity contribution in [2.45, 2.75) is 11.4 Å². The number of aromatic nitrogens is 2. The van der Waals surface area contributed by atoms with Crippen molar-refractivity contribution in [1.29, 1.82) is 0 Å². The number of benzene rings is 2. The van der Waals surface area contributed by atoms with E-state index in [4.69, 9.17) is 11.6 Å². The summed E-state index contributed by atoms with van der Waals surface area (Å²) in [4.78, 5) is 4.09. The third-order valence-electron chi connectivity index (χ3n) is 4.55. The molecule has 0 saturated carbocycles. The molecule has 0 amide bonds. The second-order valence-electron chi connectivity index (χ2n) is 6.54. The van der Waals surface area contributed by atoms with Gasteiger partial charge in [0.1, 0.15) is 4.90 Å². The van der Waals surface area contributed by atoms with Crippen molar-refractivity contribution < 1.29 is 8.42 Å². The van der Waals surface area contributed by atoms with Crippen LogP contribution in [-0.4, -0.2) is 24.4 Å². The van der Waals surface area contributed by atoms with Gasteiger partial charge in [-0.15, -0.1) is 12.4 Å². The molecule has 9 heteroatoms. The van der Waals surface area contributed by atoms with Crippen LogP contribution in [0.25, 0.3) is 10.9 Å². The molecule has 0 atom stereocenters. The lowest BCUT2D eigenvalue weighted by Crippen LogP contribution is -2.12. The molecular weight excluding hydrogens is 443 g/mol. The minimum atomic E-state index is -3.78. The van der Waals surface area contributed by atoms with Crippen molar-refractivity contribution in [3.8, 4) is 0 Å². The van der Waals surface area contributed by atoms with Gasteiger partial charge in [-0.05, 0) is 61.1 Å². The summed E-state index contributed by atoms with van der Waals surface area (Å²) in [5.41, 5.74) is 3.13. The van der Waals surface area contributed by atoms with E-state index in [2.05, 4.69) is 15.6 Å². The molecule has 156 valence electrons. The maximum Gasteiger partial charge on any atom is 0.269 e. The van der Waals surface area contributed by atoms with Crippen molar-refractivity contribution in [3.63, 3.8) is 0 Å². The molecule has 4 rings (SSSR count). The number of fused-ring (bicyclic) bond motifs is 1. The largest absolute Gasteiger partial charge is 0.355 e. The Morgan fingerprint density at radius 3 is 2.47 bits per heavy atom. The summed E-state index contributed by atoms with van der Waals surface area (Å²) in [6.45, 7) is 0.552. The van der Waals surface area contributed by atoms with Crippen molar-refractivity contribution in [1.82, 2.24) is 14.3 Å². The van der Waals surface area contributed by atoms with Gasteiger partial charge >= 0.3 is 0 Å². The van der Waals surface area contributed by atoms with E-state index < -0.39 is 10.0 Å². The first-order valence-electron chi connectivity index (χ1n) is 8.96. The number of halogens is 2. The van der Waals surface area contributed by atoms with Gasteiger partial charge in [-0.3, -0.25) is 4.98 Å². The standard InChI is InChI=1S/C21H19ClN4O2S.ClH/c1-23-12-15-14-26(29(27,28)19-3-2-10-24-13-19)21-11-18(8-9-20(15)21)25-17-6-4-16(22)5-7-17;/h2-11,13-14,23,25H,12H2,1H3;1H. The van der Waals surface area contributed by atoms with E-state index in [0.29, 0.717) is 17.1 Å². The number of hydrogen-bond donors (Lipinski definition) is 2. The highest BCUT2D eigenvalue weighted by Crippen LogP contribution is 2.29. The fraction of sp³-hybridized carbons (Fsp3) is 0.0952. The van der Waals surface area contributed by atoms with Crippen LogP contribution in [-0.2, 0) is 16.6 Å². The second kappa shape index (κ2) is 9.06. The number of hydrogen-bond acceptors (Lipinski definition) is 5. The van der Waals surface area contributed by atoms with Crippen LogP contribution in [0, 0.1) is 0 Å². The molecule has 0 fully saturated rings. The molecule has 2 aromatic carbocycles. The number of rotatable bonds is 6. The monoisotopic (exact) mass is 462 g/mol. The Morgan fingerprint density at radius 2 is 1.80 bits per heavy atom. The Balaban J connectivity index is 0.00000256. The molecule has 0 radical (unpaired) electrons. The number of pyridine rings is 1. The second-order valence-corrected chi connectivity index (χ2v) is 8.79. The van der Waals surface area contributed by atoms with E-state index >= 15 is 0 Å². The molecule has 2 heterocycles. The Bertz CT molecular complexity index is 1260. The van der Waals surface area contributed by atoms with Crippen LogP contribution in [0.2, 0.25) is 5.02 Å². The molecule has 0 bridgehead atoms. The van der Waals surface area contributed by atoms with E-state index in [0.717, 1.165) is 22.3 Å². The highest BCUT2D eigenvalue weighted by atomic mass is 35.5. The average molecular weight is 463 g/mol. The van der Waals surface area contributed by atoms with Crippen LogP contribution >= 0.6 is 24.0 Å². The fourth-order valence-corrected chi connectivity index (χ4v) is 4.66. The molecule has 6 nitrogen and oxygen atoms in total. The smallest absolute Gasteiger partial charge is 0.269 e. The van der Waals surface area contributed by atoms with Gasteiger partial charge in [-0.25, -0.2) is 12.4 Å². The van der Waals surface area contributed by atoms with E-state index in [1.54, 1.807) is 36.7 Å². The Labute approximate surface area is 186 Å². The number of nitrogens with one attached hydrogen (secondary N) is 2. The van der Waals surface area contributed by atoms with Crippen LogP contribution in [0.15, 0.2) is 78.1 Å². The highest BCUT2D eigenvalue weighted by Gasteiger charge is 2.21. The van der Waals surface area contributed by atoms with E-state index in [1.807, 2.05) is 37.4 Å².